The van der Waals surface area contributed by atoms with Crippen molar-refractivity contribution in [3.63, 3.8) is 0 Å². The molecule has 4 rings (SSSR count). The number of amides is 9. The second-order valence-electron chi connectivity index (χ2n) is 20.4. The number of carboxylic acids is 1. The number of nitrogens with two attached hydrogens (primary N) is 4. The van der Waals surface area contributed by atoms with Crippen molar-refractivity contribution in [1.29, 1.82) is 0 Å². The van der Waals surface area contributed by atoms with E-state index in [1.54, 1.807) is 48.7 Å². The Morgan fingerprint density at radius 3 is 1.82 bits per heavy atom. The molecule has 19 N–H and O–H groups in total. The normalized spacial score (nSPS) is 14.3. The number of aromatic amines is 1. The van der Waals surface area contributed by atoms with Gasteiger partial charge < -0.3 is 85.4 Å². The highest BCUT2D eigenvalue weighted by molar-refractivity contribution is 7.99. The number of fused-ring (bicyclic) bond motifs is 1. The van der Waals surface area contributed by atoms with E-state index in [4.69, 9.17) is 22.9 Å². The third kappa shape index (κ3) is 23.3. The highest BCUT2D eigenvalue weighted by atomic mass is 32.2. The number of rotatable bonds is 38. The number of thiol groups is 1. The van der Waals surface area contributed by atoms with Crippen LogP contribution >= 0.6 is 24.4 Å². The lowest BCUT2D eigenvalue weighted by atomic mass is 10.0. The van der Waals surface area contributed by atoms with Gasteiger partial charge in [-0.1, -0.05) is 60.7 Å². The molecule has 0 bridgehead atoms. The number of carbonyl (C=O) groups is 10. The maximum absolute atomic E-state index is 14.6. The van der Waals surface area contributed by atoms with E-state index in [2.05, 4.69) is 54.8 Å². The number of primary amides is 1. The number of aromatic nitrogens is 1. The van der Waals surface area contributed by atoms with E-state index in [-0.39, 0.29) is 68.1 Å². The first-order valence-electron chi connectivity index (χ1n) is 27.8. The molecule has 0 unspecified atom stereocenters. The van der Waals surface area contributed by atoms with Crippen molar-refractivity contribution < 1.29 is 63.3 Å². The fourth-order valence-electron chi connectivity index (χ4n) is 8.89. The molecule has 0 aliphatic heterocycles. The van der Waals surface area contributed by atoms with Gasteiger partial charge in [0.2, 0.25) is 53.2 Å². The summed E-state index contributed by atoms with van der Waals surface area (Å²) in [6.45, 7) is 1.31. The first kappa shape index (κ1) is 69.7. The quantitative estimate of drug-likeness (QED) is 0.0176. The van der Waals surface area contributed by atoms with Crippen molar-refractivity contribution in [1.82, 2.24) is 47.1 Å². The van der Waals surface area contributed by atoms with E-state index in [1.165, 1.54) is 26.1 Å². The number of phenolic OH excluding ortho intramolecular Hbond substituents is 1. The number of aliphatic hydroxyl groups excluding tert-OH is 1. The summed E-state index contributed by atoms with van der Waals surface area (Å²) in [7, 11) is 1.26. The van der Waals surface area contributed by atoms with Gasteiger partial charge in [0.1, 0.15) is 48.0 Å². The third-order valence-corrected chi connectivity index (χ3v) is 15.1. The van der Waals surface area contributed by atoms with Crippen LogP contribution in [0, 0.1) is 0 Å². The number of carbonyl (C=O) groups excluding carboxylic acids is 9. The number of thioether (sulfide) groups is 1. The second-order valence-corrected chi connectivity index (χ2v) is 21.9. The van der Waals surface area contributed by atoms with E-state index in [1.807, 2.05) is 24.3 Å². The Morgan fingerprint density at radius 1 is 0.647 bits per heavy atom. The minimum Gasteiger partial charge on any atom is -0.508 e. The van der Waals surface area contributed by atoms with E-state index < -0.39 is 120 Å². The van der Waals surface area contributed by atoms with Crippen LogP contribution < -0.4 is 60.2 Å². The zero-order chi connectivity index (χ0) is 62.6. The van der Waals surface area contributed by atoms with Crippen molar-refractivity contribution in [2.45, 2.75) is 126 Å². The SMILES string of the molecule is C[C@@H](O)[C@H](NC(=O)[C@H](CCCCN)NC(=O)[C@@H](Cc1c[nH]c2ccccc12)NC(=O)[C@@H](N)Cc1ccc(O)cc1)C(=O)N(C)[C@@H](Cc1ccccc1)C(=O)N[C@@H](CCSCC(=O)NCC(=O)N[C@@H](CCCCN)C(=O)N[C@@H](CS)C(N)=O)C(=O)O. The molecule has 0 saturated heterocycles. The largest absolute Gasteiger partial charge is 0.508 e. The minimum absolute atomic E-state index is 0.00657. The van der Waals surface area contributed by atoms with E-state index in [0.717, 1.165) is 27.6 Å². The van der Waals surface area contributed by atoms with Crippen molar-refractivity contribution in [2.24, 2.45) is 22.9 Å². The van der Waals surface area contributed by atoms with Crippen molar-refractivity contribution in [3.8, 4) is 5.75 Å². The Hall–Kier alpha value is -7.76. The smallest absolute Gasteiger partial charge is 0.326 e. The maximum atomic E-state index is 14.6. The van der Waals surface area contributed by atoms with E-state index in [0.29, 0.717) is 48.9 Å². The van der Waals surface area contributed by atoms with Crippen LogP contribution in [0.1, 0.15) is 68.6 Å². The molecule has 0 saturated carbocycles. The number of aliphatic carboxylic acids is 1. The number of nitrogens with one attached hydrogen (secondary N) is 8. The fraction of sp³-hybridized carbons (Fsp3) is 0.474. The first-order valence-corrected chi connectivity index (χ1v) is 29.6. The Kier molecular flexibility index (Phi) is 29.7. The van der Waals surface area contributed by atoms with Gasteiger partial charge in [0.05, 0.1) is 24.4 Å². The number of phenols is 1. The lowest BCUT2D eigenvalue weighted by Crippen LogP contribution is -2.62. The van der Waals surface area contributed by atoms with Gasteiger partial charge in [-0.15, -0.1) is 0 Å². The minimum atomic E-state index is -1.72. The predicted octanol–water partition coefficient (Wildman–Crippen LogP) is -1.66. The molecule has 3 aromatic carbocycles. The number of H-pyrrole nitrogens is 1. The lowest BCUT2D eigenvalue weighted by Gasteiger charge is -2.33. The molecule has 28 heteroatoms. The molecule has 464 valence electrons. The van der Waals surface area contributed by atoms with Gasteiger partial charge in [-0.05, 0) is 112 Å². The molecule has 9 amide bonds. The topological polar surface area (TPSA) is 439 Å². The molecule has 9 atom stereocenters. The summed E-state index contributed by atoms with van der Waals surface area (Å²) in [5.74, 6) is -8.68. The molecular formula is C57H81N13O13S2. The summed E-state index contributed by atoms with van der Waals surface area (Å²) in [5, 5.41) is 49.8. The molecule has 26 nitrogen and oxygen atoms in total. The second kappa shape index (κ2) is 36.2. The average molecular weight is 1220 g/mol. The van der Waals surface area contributed by atoms with Gasteiger partial charge in [0.25, 0.3) is 0 Å². The molecule has 1 heterocycles. The number of benzene rings is 3. The first-order chi connectivity index (χ1) is 40.6. The summed E-state index contributed by atoms with van der Waals surface area (Å²) >= 11 is 5.02. The number of aliphatic hydroxyl groups is 1. The highest BCUT2D eigenvalue weighted by Crippen LogP contribution is 2.21. The van der Waals surface area contributed by atoms with Crippen LogP contribution in [0.25, 0.3) is 10.9 Å². The number of hydrogen-bond acceptors (Lipinski definition) is 17. The Morgan fingerprint density at radius 2 is 1.21 bits per heavy atom. The van der Waals surface area contributed by atoms with Crippen molar-refractivity contribution in [2.75, 3.05) is 43.9 Å². The summed E-state index contributed by atoms with van der Waals surface area (Å²) in [6, 6.07) is 11.3. The zero-order valence-electron chi connectivity index (χ0n) is 47.6. The van der Waals surface area contributed by atoms with Crippen molar-refractivity contribution in [3.05, 3.63) is 102 Å². The summed E-state index contributed by atoms with van der Waals surface area (Å²) < 4.78 is 0. The molecule has 85 heavy (non-hydrogen) atoms. The maximum Gasteiger partial charge on any atom is 0.326 e. The Balaban J connectivity index is 1.46. The summed E-state index contributed by atoms with van der Waals surface area (Å²) in [4.78, 5) is 138. The summed E-state index contributed by atoms with van der Waals surface area (Å²) in [6.07, 6.45) is 1.76. The van der Waals surface area contributed by atoms with Crippen LogP contribution in [-0.2, 0) is 67.2 Å². The monoisotopic (exact) mass is 1220 g/mol. The van der Waals surface area contributed by atoms with Crippen LogP contribution in [0.2, 0.25) is 0 Å². The van der Waals surface area contributed by atoms with Gasteiger partial charge in [-0.3, -0.25) is 43.2 Å². The molecule has 0 aliphatic rings. The van der Waals surface area contributed by atoms with Crippen LogP contribution in [0.4, 0.5) is 0 Å². The van der Waals surface area contributed by atoms with E-state index in [9.17, 15) is 63.3 Å². The summed E-state index contributed by atoms with van der Waals surface area (Å²) in [5.41, 5.74) is 25.7. The van der Waals surface area contributed by atoms with Gasteiger partial charge in [0.15, 0.2) is 0 Å². The van der Waals surface area contributed by atoms with Gasteiger partial charge in [-0.2, -0.15) is 24.4 Å². The van der Waals surface area contributed by atoms with Crippen LogP contribution in [0.15, 0.2) is 85.1 Å². The number of unbranched alkanes of at least 4 members (excludes halogenated alkanes) is 2. The standard InChI is InChI=1S/C57H81N13O13S2/c1-33(71)49(69-53(78)42(17-9-11-24-59)65-54(79)44(28-36-29-62-40-15-7-6-14-38(36)40)67-51(76)39(60)26-35-18-20-37(72)21-19-35)56(81)70(2)46(27-34-12-4-3-5-13-34)55(80)66-43(57(82)83)22-25-85-32-48(74)63-30-47(73)64-41(16-8-10-23-58)52(77)68-45(31-84)50(61)75/h3-7,12-15,18-21,29,33,39,41-46,49,62,71-72,84H,8-11,16-17,22-28,30-32,58-60H2,1-2H3,(H2,61,75)(H,63,74)(H,64,73)(H,65,79)(H,66,80)(H,67,76)(H,68,77)(H,69,78)(H,82,83)/t33-,39+,41+,42+,43+,44-,45+,46+,49+/m1/s1. The molecule has 0 fully saturated rings. The molecule has 0 aliphatic carbocycles. The number of nitrogens with zero attached hydrogens (tertiary/aromatic N) is 1. The molecule has 1 aromatic heterocycles. The number of likely N-dealkylation sites (N-methyl/N-ethyl adjacent to an activating group) is 1. The fourth-order valence-corrected chi connectivity index (χ4v) is 9.99. The molecule has 0 spiro atoms. The van der Waals surface area contributed by atoms with Crippen molar-refractivity contribution >= 4 is 94.4 Å². The van der Waals surface area contributed by atoms with Crippen LogP contribution in [-0.4, -0.2) is 183 Å². The number of para-hydroxylation sites is 1. The lowest BCUT2D eigenvalue weighted by molar-refractivity contribution is -0.146. The Labute approximate surface area is 502 Å². The molecular weight excluding hydrogens is 1140 g/mol. The number of carboxylic acid groups (broad SMARTS) is 1. The average Bonchev–Trinajstić information content (AvgIpc) is 4.19. The highest BCUT2D eigenvalue weighted by Gasteiger charge is 2.38. The molecule has 0 radical (unpaired) electrons. The van der Waals surface area contributed by atoms with Gasteiger partial charge >= 0.3 is 5.97 Å². The predicted molar refractivity (Wildman–Crippen MR) is 323 cm³/mol. The van der Waals surface area contributed by atoms with Crippen LogP contribution in [0.3, 0.4) is 0 Å². The Bertz CT molecular complexity index is 2870. The van der Waals surface area contributed by atoms with Gasteiger partial charge in [0, 0.05) is 42.7 Å². The number of aromatic hydroxyl groups is 1. The van der Waals surface area contributed by atoms with E-state index >= 15 is 0 Å². The van der Waals surface area contributed by atoms with Gasteiger partial charge in [-0.25, -0.2) is 4.79 Å². The van der Waals surface area contributed by atoms with Crippen LogP contribution in [0.5, 0.6) is 5.75 Å². The third-order valence-electron chi connectivity index (χ3n) is 13.8. The number of hydrogen-bond donors (Lipinski definition) is 16. The zero-order valence-corrected chi connectivity index (χ0v) is 49.3. The molecule has 4 aromatic rings.